The summed E-state index contributed by atoms with van der Waals surface area (Å²) in [6.45, 7) is 7.11. The third-order valence-corrected chi connectivity index (χ3v) is 3.78. The van der Waals surface area contributed by atoms with Crippen molar-refractivity contribution in [3.05, 3.63) is 47.5 Å². The summed E-state index contributed by atoms with van der Waals surface area (Å²) in [7, 11) is 0. The highest BCUT2D eigenvalue weighted by atomic mass is 19.2. The summed E-state index contributed by atoms with van der Waals surface area (Å²) in [4.78, 5) is 25.9. The summed E-state index contributed by atoms with van der Waals surface area (Å²) >= 11 is 0. The number of nitrogens with one attached hydrogen (secondary N) is 2. The maximum Gasteiger partial charge on any atom is 0.237 e. The highest BCUT2D eigenvalue weighted by molar-refractivity contribution is 5.88. The lowest BCUT2D eigenvalue weighted by Gasteiger charge is -2.34. The van der Waals surface area contributed by atoms with E-state index in [1.165, 1.54) is 6.07 Å². The van der Waals surface area contributed by atoms with Gasteiger partial charge in [0, 0.05) is 26.2 Å². The molecule has 2 rings (SSSR count). The minimum Gasteiger partial charge on any atom is -0.353 e. The second-order valence-electron chi connectivity index (χ2n) is 5.96. The number of hydrogen-bond donors (Lipinski definition) is 2. The molecule has 0 radical (unpaired) electrons. The molecule has 130 valence electrons. The van der Waals surface area contributed by atoms with Crippen molar-refractivity contribution >= 4 is 11.8 Å². The van der Waals surface area contributed by atoms with E-state index in [9.17, 15) is 18.4 Å². The van der Waals surface area contributed by atoms with Crippen LogP contribution in [0.5, 0.6) is 0 Å². The molecule has 1 saturated heterocycles. The molecule has 1 aromatic rings. The number of rotatable bonds is 6. The van der Waals surface area contributed by atoms with Crippen LogP contribution < -0.4 is 10.6 Å². The number of nitrogens with zero attached hydrogens (tertiary/aromatic N) is 1. The molecular weight excluding hydrogens is 316 g/mol. The highest BCUT2D eigenvalue weighted by Gasteiger charge is 2.31. The van der Waals surface area contributed by atoms with Gasteiger partial charge in [0.15, 0.2) is 11.6 Å². The van der Waals surface area contributed by atoms with Crippen LogP contribution >= 0.6 is 0 Å². The van der Waals surface area contributed by atoms with Crippen LogP contribution in [0.3, 0.4) is 0 Å². The van der Waals surface area contributed by atoms with E-state index in [2.05, 4.69) is 17.2 Å². The Balaban J connectivity index is 2.04. The van der Waals surface area contributed by atoms with Crippen LogP contribution in [-0.2, 0) is 16.1 Å². The van der Waals surface area contributed by atoms with Gasteiger partial charge >= 0.3 is 0 Å². The van der Waals surface area contributed by atoms with Crippen molar-refractivity contribution in [3.8, 4) is 0 Å². The van der Waals surface area contributed by atoms with Crippen molar-refractivity contribution in [2.75, 3.05) is 19.6 Å². The molecule has 7 heteroatoms. The summed E-state index contributed by atoms with van der Waals surface area (Å²) < 4.78 is 26.4. The van der Waals surface area contributed by atoms with Crippen molar-refractivity contribution in [2.45, 2.75) is 25.9 Å². The number of amides is 2. The SMILES string of the molecule is C=C(C)CNC(=O)CC1C(=O)NCCN1Cc1ccc(F)c(F)c1. The third-order valence-electron chi connectivity index (χ3n) is 3.78. The maximum atomic E-state index is 13.3. The molecule has 1 aliphatic rings. The van der Waals surface area contributed by atoms with E-state index < -0.39 is 17.7 Å². The molecule has 5 nitrogen and oxygen atoms in total. The second kappa shape index (κ2) is 8.01. The zero-order valence-electron chi connectivity index (χ0n) is 13.6. The molecule has 1 aromatic carbocycles. The van der Waals surface area contributed by atoms with E-state index >= 15 is 0 Å². The number of benzene rings is 1. The van der Waals surface area contributed by atoms with Crippen molar-refractivity contribution < 1.29 is 18.4 Å². The Morgan fingerprint density at radius 3 is 2.83 bits per heavy atom. The molecule has 1 aliphatic heterocycles. The molecule has 2 amide bonds. The van der Waals surface area contributed by atoms with Crippen molar-refractivity contribution in [2.24, 2.45) is 0 Å². The second-order valence-corrected chi connectivity index (χ2v) is 5.96. The van der Waals surface area contributed by atoms with Crippen LogP contribution in [0.15, 0.2) is 30.4 Å². The summed E-state index contributed by atoms with van der Waals surface area (Å²) in [5.74, 6) is -2.33. The van der Waals surface area contributed by atoms with E-state index in [4.69, 9.17) is 0 Å². The van der Waals surface area contributed by atoms with Crippen molar-refractivity contribution in [1.29, 1.82) is 0 Å². The normalized spacial score (nSPS) is 18.1. The van der Waals surface area contributed by atoms with Gasteiger partial charge in [0.1, 0.15) is 0 Å². The number of piperazine rings is 1. The quantitative estimate of drug-likeness (QED) is 0.771. The van der Waals surface area contributed by atoms with Gasteiger partial charge in [-0.15, -0.1) is 0 Å². The fourth-order valence-corrected chi connectivity index (χ4v) is 2.54. The molecule has 1 heterocycles. The Kier molecular flexibility index (Phi) is 6.03. The smallest absolute Gasteiger partial charge is 0.237 e. The van der Waals surface area contributed by atoms with Crippen molar-refractivity contribution in [3.63, 3.8) is 0 Å². The van der Waals surface area contributed by atoms with E-state index in [1.54, 1.807) is 11.8 Å². The first kappa shape index (κ1) is 18.1. The summed E-state index contributed by atoms with van der Waals surface area (Å²) in [5.41, 5.74) is 1.37. The maximum absolute atomic E-state index is 13.3. The van der Waals surface area contributed by atoms with Gasteiger partial charge in [-0.2, -0.15) is 0 Å². The summed E-state index contributed by atoms with van der Waals surface area (Å²) in [6.07, 6.45) is 0.00277. The van der Waals surface area contributed by atoms with E-state index in [0.717, 1.165) is 17.7 Å². The monoisotopic (exact) mass is 337 g/mol. The van der Waals surface area contributed by atoms with Gasteiger partial charge in [0.2, 0.25) is 11.8 Å². The van der Waals surface area contributed by atoms with Crippen LogP contribution in [-0.4, -0.2) is 42.4 Å². The number of hydrogen-bond acceptors (Lipinski definition) is 3. The molecule has 24 heavy (non-hydrogen) atoms. The largest absolute Gasteiger partial charge is 0.353 e. The van der Waals surface area contributed by atoms with Gasteiger partial charge in [0.25, 0.3) is 0 Å². The minimum atomic E-state index is -0.926. The van der Waals surface area contributed by atoms with Gasteiger partial charge in [-0.05, 0) is 24.6 Å². The molecule has 0 aromatic heterocycles. The molecule has 0 spiro atoms. The van der Waals surface area contributed by atoms with Crippen LogP contribution in [0.2, 0.25) is 0 Å². The molecule has 1 fully saturated rings. The number of halogens is 2. The zero-order chi connectivity index (χ0) is 17.7. The molecule has 0 bridgehead atoms. The topological polar surface area (TPSA) is 61.4 Å². The Morgan fingerprint density at radius 1 is 1.42 bits per heavy atom. The first-order valence-corrected chi connectivity index (χ1v) is 7.73. The Labute approximate surface area is 139 Å². The van der Waals surface area contributed by atoms with E-state index in [0.29, 0.717) is 25.2 Å². The van der Waals surface area contributed by atoms with Gasteiger partial charge in [0.05, 0.1) is 12.5 Å². The lowest BCUT2D eigenvalue weighted by Crippen LogP contribution is -2.56. The van der Waals surface area contributed by atoms with Crippen LogP contribution in [0.25, 0.3) is 0 Å². The lowest BCUT2D eigenvalue weighted by molar-refractivity contribution is -0.134. The van der Waals surface area contributed by atoms with E-state index in [1.807, 2.05) is 0 Å². The minimum absolute atomic E-state index is 0.00277. The lowest BCUT2D eigenvalue weighted by atomic mass is 10.1. The fraction of sp³-hybridized carbons (Fsp3) is 0.412. The molecule has 1 unspecified atom stereocenters. The Bertz CT molecular complexity index is 649. The predicted molar refractivity (Wildman–Crippen MR) is 86.0 cm³/mol. The number of carbonyl (C=O) groups excluding carboxylic acids is 2. The van der Waals surface area contributed by atoms with Gasteiger partial charge < -0.3 is 10.6 Å². The van der Waals surface area contributed by atoms with E-state index in [-0.39, 0.29) is 24.8 Å². The van der Waals surface area contributed by atoms with Gasteiger partial charge in [-0.1, -0.05) is 18.2 Å². The molecule has 0 saturated carbocycles. The first-order valence-electron chi connectivity index (χ1n) is 7.73. The van der Waals surface area contributed by atoms with Crippen LogP contribution in [0.1, 0.15) is 18.9 Å². The molecular formula is C17H21F2N3O2. The number of carbonyl (C=O) groups is 2. The summed E-state index contributed by atoms with van der Waals surface area (Å²) in [5, 5.41) is 5.42. The molecule has 2 N–H and O–H groups in total. The summed E-state index contributed by atoms with van der Waals surface area (Å²) in [6, 6.07) is 3.00. The zero-order valence-corrected chi connectivity index (χ0v) is 13.6. The van der Waals surface area contributed by atoms with Crippen LogP contribution in [0, 0.1) is 11.6 Å². The standard InChI is InChI=1S/C17H21F2N3O2/c1-11(2)9-21-16(23)8-15-17(24)20-5-6-22(15)10-12-3-4-13(18)14(19)7-12/h3-4,7,15H,1,5-6,8-10H2,2H3,(H,20,24)(H,21,23). The van der Waals surface area contributed by atoms with Gasteiger partial charge in [-0.3, -0.25) is 14.5 Å². The third kappa shape index (κ3) is 4.86. The highest BCUT2D eigenvalue weighted by Crippen LogP contribution is 2.16. The first-order chi connectivity index (χ1) is 11.4. The molecule has 0 aliphatic carbocycles. The fourth-order valence-electron chi connectivity index (χ4n) is 2.54. The average Bonchev–Trinajstić information content (AvgIpc) is 2.52. The van der Waals surface area contributed by atoms with Gasteiger partial charge in [-0.25, -0.2) is 8.78 Å². The predicted octanol–water partition coefficient (Wildman–Crippen LogP) is 1.35. The Morgan fingerprint density at radius 2 is 2.17 bits per heavy atom. The Hall–Kier alpha value is -2.28. The van der Waals surface area contributed by atoms with Crippen molar-refractivity contribution in [1.82, 2.24) is 15.5 Å². The molecule has 1 atom stereocenters. The van der Waals surface area contributed by atoms with Crippen LogP contribution in [0.4, 0.5) is 8.78 Å². The average molecular weight is 337 g/mol.